The van der Waals surface area contributed by atoms with Crippen LogP contribution in [0.3, 0.4) is 0 Å². The van der Waals surface area contributed by atoms with Crippen molar-refractivity contribution in [3.63, 3.8) is 0 Å². The summed E-state index contributed by atoms with van der Waals surface area (Å²) in [5.41, 5.74) is 0.338. The first-order valence-corrected chi connectivity index (χ1v) is 3.32. The van der Waals surface area contributed by atoms with Crippen molar-refractivity contribution in [2.75, 3.05) is 0 Å². The smallest absolute Gasteiger partial charge is 0.163 e. The summed E-state index contributed by atoms with van der Waals surface area (Å²) in [5.74, 6) is -0.453. The van der Waals surface area contributed by atoms with Crippen LogP contribution in [0.2, 0.25) is 0 Å². The molecule has 0 aliphatic carbocycles. The molecule has 0 aromatic heterocycles. The zero-order chi connectivity index (χ0) is 8.43. The molecular formula is C8H10O3. The van der Waals surface area contributed by atoms with Gasteiger partial charge in [0.05, 0.1) is 6.10 Å². The third-order valence-corrected chi connectivity index (χ3v) is 1.50. The summed E-state index contributed by atoms with van der Waals surface area (Å²) in [6.07, 6.45) is -0.762. The van der Waals surface area contributed by atoms with Gasteiger partial charge in [0.2, 0.25) is 0 Å². The number of aliphatic hydroxyl groups excluding tert-OH is 1. The van der Waals surface area contributed by atoms with Crippen molar-refractivity contribution >= 4 is 0 Å². The largest absolute Gasteiger partial charge is 0.504 e. The van der Waals surface area contributed by atoms with Crippen LogP contribution in [0.4, 0.5) is 0 Å². The molecule has 0 amide bonds. The Morgan fingerprint density at radius 2 is 1.91 bits per heavy atom. The highest BCUT2D eigenvalue weighted by Crippen LogP contribution is 2.31. The molecular weight excluding hydrogens is 144 g/mol. The molecule has 1 atom stereocenters. The zero-order valence-corrected chi connectivity index (χ0v) is 6.15. The molecule has 3 heteroatoms. The van der Waals surface area contributed by atoms with Gasteiger partial charge in [-0.3, -0.25) is 0 Å². The van der Waals surface area contributed by atoms with E-state index in [1.807, 2.05) is 0 Å². The summed E-state index contributed by atoms with van der Waals surface area (Å²) >= 11 is 0. The zero-order valence-electron chi connectivity index (χ0n) is 6.15. The second kappa shape index (κ2) is 2.80. The Morgan fingerprint density at radius 1 is 1.27 bits per heavy atom. The second-order valence-corrected chi connectivity index (χ2v) is 2.39. The molecule has 0 saturated carbocycles. The standard InChI is InChI=1S/C8H10O3/c1-5(9)6-3-2-4-7(10)8(6)11/h2-5,9-11H,1H3/t5-/m0/s1. The van der Waals surface area contributed by atoms with E-state index in [4.69, 9.17) is 15.3 Å². The summed E-state index contributed by atoms with van der Waals surface area (Å²) in [5, 5.41) is 27.2. The van der Waals surface area contributed by atoms with Crippen LogP contribution in [-0.4, -0.2) is 15.3 Å². The number of phenols is 2. The van der Waals surface area contributed by atoms with Crippen LogP contribution in [0, 0.1) is 0 Å². The van der Waals surface area contributed by atoms with Gasteiger partial charge in [-0.25, -0.2) is 0 Å². The predicted molar refractivity (Wildman–Crippen MR) is 40.4 cm³/mol. The second-order valence-electron chi connectivity index (χ2n) is 2.39. The summed E-state index contributed by atoms with van der Waals surface area (Å²) < 4.78 is 0. The van der Waals surface area contributed by atoms with E-state index in [0.717, 1.165) is 0 Å². The van der Waals surface area contributed by atoms with Gasteiger partial charge in [-0.15, -0.1) is 0 Å². The lowest BCUT2D eigenvalue weighted by Gasteiger charge is -2.07. The number of hydrogen-bond acceptors (Lipinski definition) is 3. The molecule has 0 aliphatic rings. The van der Waals surface area contributed by atoms with Crippen LogP contribution in [0.15, 0.2) is 18.2 Å². The fraction of sp³-hybridized carbons (Fsp3) is 0.250. The Balaban J connectivity index is 3.17. The van der Waals surface area contributed by atoms with E-state index in [-0.39, 0.29) is 11.5 Å². The average molecular weight is 154 g/mol. The lowest BCUT2D eigenvalue weighted by atomic mass is 10.1. The van der Waals surface area contributed by atoms with E-state index in [2.05, 4.69) is 0 Å². The first kappa shape index (κ1) is 7.88. The van der Waals surface area contributed by atoms with Crippen LogP contribution in [0.25, 0.3) is 0 Å². The molecule has 1 aromatic rings. The lowest BCUT2D eigenvalue weighted by Crippen LogP contribution is -1.90. The van der Waals surface area contributed by atoms with Crippen molar-refractivity contribution < 1.29 is 15.3 Å². The number of para-hydroxylation sites is 1. The Hall–Kier alpha value is -1.22. The van der Waals surface area contributed by atoms with Gasteiger partial charge in [-0.05, 0) is 13.0 Å². The number of hydrogen-bond donors (Lipinski definition) is 3. The number of rotatable bonds is 1. The fourth-order valence-corrected chi connectivity index (χ4v) is 0.886. The molecule has 0 heterocycles. The Labute approximate surface area is 64.5 Å². The van der Waals surface area contributed by atoms with E-state index < -0.39 is 6.10 Å². The van der Waals surface area contributed by atoms with Crippen LogP contribution < -0.4 is 0 Å². The van der Waals surface area contributed by atoms with Gasteiger partial charge in [-0.2, -0.15) is 0 Å². The van der Waals surface area contributed by atoms with Crippen molar-refractivity contribution in [1.82, 2.24) is 0 Å². The molecule has 3 N–H and O–H groups in total. The topological polar surface area (TPSA) is 60.7 Å². The molecule has 0 saturated heterocycles. The van der Waals surface area contributed by atoms with E-state index in [9.17, 15) is 0 Å². The minimum absolute atomic E-state index is 0.205. The molecule has 0 bridgehead atoms. The van der Waals surface area contributed by atoms with Gasteiger partial charge >= 0.3 is 0 Å². The summed E-state index contributed by atoms with van der Waals surface area (Å²) in [4.78, 5) is 0. The first-order chi connectivity index (χ1) is 5.13. The third kappa shape index (κ3) is 1.43. The van der Waals surface area contributed by atoms with Crippen molar-refractivity contribution in [2.24, 2.45) is 0 Å². The summed E-state index contributed by atoms with van der Waals surface area (Å²) in [7, 11) is 0. The highest BCUT2D eigenvalue weighted by atomic mass is 16.3. The molecule has 3 nitrogen and oxygen atoms in total. The van der Waals surface area contributed by atoms with E-state index >= 15 is 0 Å². The van der Waals surface area contributed by atoms with Gasteiger partial charge in [0, 0.05) is 5.56 Å². The normalized spacial score (nSPS) is 12.9. The van der Waals surface area contributed by atoms with E-state index in [1.54, 1.807) is 12.1 Å². The maximum atomic E-state index is 9.16. The van der Waals surface area contributed by atoms with Gasteiger partial charge < -0.3 is 15.3 Å². The van der Waals surface area contributed by atoms with Crippen molar-refractivity contribution in [1.29, 1.82) is 0 Å². The van der Waals surface area contributed by atoms with Gasteiger partial charge in [0.25, 0.3) is 0 Å². The molecule has 0 spiro atoms. The van der Waals surface area contributed by atoms with Gasteiger partial charge in [-0.1, -0.05) is 12.1 Å². The van der Waals surface area contributed by atoms with Crippen molar-refractivity contribution in [3.05, 3.63) is 23.8 Å². The predicted octanol–water partition coefficient (Wildman–Crippen LogP) is 1.15. The lowest BCUT2D eigenvalue weighted by molar-refractivity contribution is 0.194. The molecule has 0 unspecified atom stereocenters. The van der Waals surface area contributed by atoms with Crippen LogP contribution >= 0.6 is 0 Å². The SMILES string of the molecule is C[C@H](O)c1cccc(O)c1O. The summed E-state index contributed by atoms with van der Waals surface area (Å²) in [6.45, 7) is 1.52. The Bertz CT molecular complexity index is 256. The van der Waals surface area contributed by atoms with E-state index in [1.165, 1.54) is 13.0 Å². The molecule has 0 aliphatic heterocycles. The molecule has 60 valence electrons. The number of phenolic OH excluding ortho intramolecular Hbond substituents is 2. The quantitative estimate of drug-likeness (QED) is 0.532. The number of benzene rings is 1. The minimum atomic E-state index is -0.762. The molecule has 0 fully saturated rings. The maximum Gasteiger partial charge on any atom is 0.163 e. The van der Waals surface area contributed by atoms with Gasteiger partial charge in [0.1, 0.15) is 0 Å². The molecule has 11 heavy (non-hydrogen) atoms. The molecule has 0 radical (unpaired) electrons. The first-order valence-electron chi connectivity index (χ1n) is 3.32. The van der Waals surface area contributed by atoms with Gasteiger partial charge in [0.15, 0.2) is 11.5 Å². The highest BCUT2D eigenvalue weighted by Gasteiger charge is 2.09. The Kier molecular flexibility index (Phi) is 2.01. The number of aromatic hydroxyl groups is 2. The van der Waals surface area contributed by atoms with E-state index in [0.29, 0.717) is 5.56 Å². The van der Waals surface area contributed by atoms with Crippen LogP contribution in [0.1, 0.15) is 18.6 Å². The fourth-order valence-electron chi connectivity index (χ4n) is 0.886. The minimum Gasteiger partial charge on any atom is -0.504 e. The Morgan fingerprint density at radius 3 is 2.36 bits per heavy atom. The van der Waals surface area contributed by atoms with Crippen LogP contribution in [0.5, 0.6) is 11.5 Å². The monoisotopic (exact) mass is 154 g/mol. The maximum absolute atomic E-state index is 9.16. The molecule has 1 aromatic carbocycles. The van der Waals surface area contributed by atoms with Crippen molar-refractivity contribution in [2.45, 2.75) is 13.0 Å². The highest BCUT2D eigenvalue weighted by molar-refractivity contribution is 5.45. The summed E-state index contributed by atoms with van der Waals surface area (Å²) in [6, 6.07) is 4.48. The average Bonchev–Trinajstić information content (AvgIpc) is 1.94. The number of aliphatic hydroxyl groups is 1. The third-order valence-electron chi connectivity index (χ3n) is 1.50. The molecule has 1 rings (SSSR count). The van der Waals surface area contributed by atoms with Crippen LogP contribution in [-0.2, 0) is 0 Å². The van der Waals surface area contributed by atoms with Crippen molar-refractivity contribution in [3.8, 4) is 11.5 Å².